The van der Waals surface area contributed by atoms with E-state index in [0.29, 0.717) is 6.54 Å². The van der Waals surface area contributed by atoms with Crippen LogP contribution in [0.25, 0.3) is 0 Å². The van der Waals surface area contributed by atoms with Gasteiger partial charge in [-0.25, -0.2) is 0 Å². The summed E-state index contributed by atoms with van der Waals surface area (Å²) in [5.41, 5.74) is 7.50. The van der Waals surface area contributed by atoms with E-state index in [1.165, 1.54) is 25.7 Å². The van der Waals surface area contributed by atoms with Crippen molar-refractivity contribution >= 4 is 0 Å². The van der Waals surface area contributed by atoms with Crippen LogP contribution in [0, 0.1) is 18.8 Å². The zero-order chi connectivity index (χ0) is 13.9. The highest BCUT2D eigenvalue weighted by molar-refractivity contribution is 5.43. The van der Waals surface area contributed by atoms with Crippen molar-refractivity contribution in [1.29, 1.82) is 0 Å². The number of nitrogens with two attached hydrogens (primary N) is 1. The fraction of sp³-hybridized carbons (Fsp3) is 0.529. The van der Waals surface area contributed by atoms with Gasteiger partial charge in [0.1, 0.15) is 5.75 Å². The van der Waals surface area contributed by atoms with Crippen LogP contribution in [0.4, 0.5) is 0 Å². The van der Waals surface area contributed by atoms with Crippen LogP contribution >= 0.6 is 0 Å². The zero-order valence-corrected chi connectivity index (χ0v) is 12.2. The first-order valence-electron chi connectivity index (χ1n) is 7.20. The Morgan fingerprint density at radius 1 is 1.16 bits per heavy atom. The van der Waals surface area contributed by atoms with Crippen LogP contribution < -0.4 is 10.5 Å². The first-order chi connectivity index (χ1) is 9.27. The highest BCUT2D eigenvalue weighted by atomic mass is 16.5. The molecule has 0 aliphatic heterocycles. The number of unbranched alkanes of at least 4 members (excludes halogenated alkanes) is 4. The fourth-order valence-electron chi connectivity index (χ4n) is 1.93. The third-order valence-electron chi connectivity index (χ3n) is 3.02. The molecular weight excluding hydrogens is 234 g/mol. The van der Waals surface area contributed by atoms with Gasteiger partial charge >= 0.3 is 0 Å². The average molecular weight is 259 g/mol. The Morgan fingerprint density at radius 2 is 1.95 bits per heavy atom. The van der Waals surface area contributed by atoms with Crippen molar-refractivity contribution in [2.24, 2.45) is 5.73 Å². The number of rotatable bonds is 7. The molecular formula is C17H25NO. The first kappa shape index (κ1) is 15.6. The molecule has 0 aromatic heterocycles. The molecule has 0 aliphatic rings. The molecule has 0 saturated carbocycles. The molecule has 0 unspecified atom stereocenters. The van der Waals surface area contributed by atoms with E-state index in [4.69, 9.17) is 10.5 Å². The van der Waals surface area contributed by atoms with Gasteiger partial charge in [-0.15, -0.1) is 0 Å². The minimum Gasteiger partial charge on any atom is -0.493 e. The van der Waals surface area contributed by atoms with Gasteiger partial charge in [0.25, 0.3) is 0 Å². The van der Waals surface area contributed by atoms with Crippen LogP contribution in [0.5, 0.6) is 5.75 Å². The molecule has 0 atom stereocenters. The Labute approximate surface area is 117 Å². The zero-order valence-electron chi connectivity index (χ0n) is 12.2. The minimum absolute atomic E-state index is 0.398. The third-order valence-corrected chi connectivity index (χ3v) is 3.02. The Kier molecular flexibility index (Phi) is 7.77. The predicted octanol–water partition coefficient (Wildman–Crippen LogP) is 3.65. The summed E-state index contributed by atoms with van der Waals surface area (Å²) < 4.78 is 5.80. The normalized spacial score (nSPS) is 9.84. The molecule has 0 aliphatic carbocycles. The maximum absolute atomic E-state index is 5.80. The molecule has 0 fully saturated rings. The fourth-order valence-corrected chi connectivity index (χ4v) is 1.93. The molecule has 104 valence electrons. The molecule has 0 amide bonds. The number of hydrogen-bond donors (Lipinski definition) is 1. The SMILES string of the molecule is CCCCCCCOc1ccc(C#CCN)cc1C. The van der Waals surface area contributed by atoms with Crippen LogP contribution in [-0.4, -0.2) is 13.2 Å². The summed E-state index contributed by atoms with van der Waals surface area (Å²) in [5.74, 6) is 6.86. The number of hydrogen-bond acceptors (Lipinski definition) is 2. The van der Waals surface area contributed by atoms with E-state index in [9.17, 15) is 0 Å². The molecule has 1 aromatic rings. The van der Waals surface area contributed by atoms with E-state index in [-0.39, 0.29) is 0 Å². The van der Waals surface area contributed by atoms with E-state index in [1.54, 1.807) is 0 Å². The van der Waals surface area contributed by atoms with Crippen molar-refractivity contribution in [3.05, 3.63) is 29.3 Å². The van der Waals surface area contributed by atoms with Gasteiger partial charge in [-0.3, -0.25) is 0 Å². The number of aryl methyl sites for hydroxylation is 1. The summed E-state index contributed by atoms with van der Waals surface area (Å²) >= 11 is 0. The second kappa shape index (κ2) is 9.47. The van der Waals surface area contributed by atoms with Gasteiger partial charge in [-0.05, 0) is 37.1 Å². The first-order valence-corrected chi connectivity index (χ1v) is 7.20. The quantitative estimate of drug-likeness (QED) is 0.599. The molecule has 0 radical (unpaired) electrons. The smallest absolute Gasteiger partial charge is 0.122 e. The maximum atomic E-state index is 5.80. The van der Waals surface area contributed by atoms with Crippen molar-refractivity contribution < 1.29 is 4.74 Å². The summed E-state index contributed by atoms with van der Waals surface area (Å²) in [7, 11) is 0. The Hall–Kier alpha value is -1.46. The summed E-state index contributed by atoms with van der Waals surface area (Å²) in [5, 5.41) is 0. The van der Waals surface area contributed by atoms with E-state index in [1.807, 2.05) is 12.1 Å². The van der Waals surface area contributed by atoms with Crippen LogP contribution in [0.15, 0.2) is 18.2 Å². The molecule has 0 heterocycles. The highest BCUT2D eigenvalue weighted by Crippen LogP contribution is 2.19. The van der Waals surface area contributed by atoms with Crippen molar-refractivity contribution in [3.63, 3.8) is 0 Å². The van der Waals surface area contributed by atoms with Crippen LogP contribution in [0.3, 0.4) is 0 Å². The topological polar surface area (TPSA) is 35.2 Å². The van der Waals surface area contributed by atoms with Gasteiger partial charge in [0, 0.05) is 5.56 Å². The molecule has 0 bridgehead atoms. The van der Waals surface area contributed by atoms with Gasteiger partial charge in [0.15, 0.2) is 0 Å². The number of ether oxygens (including phenoxy) is 1. The molecule has 1 rings (SSSR count). The van der Waals surface area contributed by atoms with Crippen LogP contribution in [0.2, 0.25) is 0 Å². The molecule has 2 nitrogen and oxygen atoms in total. The summed E-state index contributed by atoms with van der Waals surface area (Å²) in [6, 6.07) is 6.04. The molecule has 0 saturated heterocycles. The highest BCUT2D eigenvalue weighted by Gasteiger charge is 2.00. The van der Waals surface area contributed by atoms with Gasteiger partial charge in [0.05, 0.1) is 13.2 Å². The third kappa shape index (κ3) is 6.31. The number of benzene rings is 1. The molecule has 2 N–H and O–H groups in total. The Balaban J connectivity index is 2.38. The minimum atomic E-state index is 0.398. The lowest BCUT2D eigenvalue weighted by Crippen LogP contribution is -1.99. The standard InChI is InChI=1S/C17H25NO/c1-3-4-5-6-7-13-19-17-11-10-16(9-8-12-18)14-15(17)2/h10-11,14H,3-7,12-13,18H2,1-2H3. The van der Waals surface area contributed by atoms with E-state index in [0.717, 1.165) is 29.9 Å². The van der Waals surface area contributed by atoms with Gasteiger partial charge in [-0.2, -0.15) is 0 Å². The average Bonchev–Trinajstić information content (AvgIpc) is 2.42. The lowest BCUT2D eigenvalue weighted by Gasteiger charge is -2.09. The van der Waals surface area contributed by atoms with E-state index in [2.05, 4.69) is 31.8 Å². The Morgan fingerprint density at radius 3 is 2.63 bits per heavy atom. The van der Waals surface area contributed by atoms with Crippen molar-refractivity contribution in [3.8, 4) is 17.6 Å². The van der Waals surface area contributed by atoms with Crippen molar-refractivity contribution in [2.45, 2.75) is 46.0 Å². The largest absolute Gasteiger partial charge is 0.493 e. The van der Waals surface area contributed by atoms with E-state index < -0.39 is 0 Å². The molecule has 2 heteroatoms. The second-order valence-corrected chi connectivity index (χ2v) is 4.75. The monoisotopic (exact) mass is 259 g/mol. The summed E-state index contributed by atoms with van der Waals surface area (Å²) in [6.07, 6.45) is 6.31. The van der Waals surface area contributed by atoms with Crippen molar-refractivity contribution in [1.82, 2.24) is 0 Å². The second-order valence-electron chi connectivity index (χ2n) is 4.75. The van der Waals surface area contributed by atoms with Gasteiger partial charge in [-0.1, -0.05) is 44.4 Å². The maximum Gasteiger partial charge on any atom is 0.122 e. The van der Waals surface area contributed by atoms with E-state index >= 15 is 0 Å². The predicted molar refractivity (Wildman–Crippen MR) is 81.4 cm³/mol. The van der Waals surface area contributed by atoms with Gasteiger partial charge in [0.2, 0.25) is 0 Å². The van der Waals surface area contributed by atoms with Crippen molar-refractivity contribution in [2.75, 3.05) is 13.2 Å². The molecule has 1 aromatic carbocycles. The van der Waals surface area contributed by atoms with Crippen LogP contribution in [0.1, 0.15) is 50.2 Å². The lowest BCUT2D eigenvalue weighted by atomic mass is 10.1. The molecule has 0 spiro atoms. The Bertz CT molecular complexity index is 429. The summed E-state index contributed by atoms with van der Waals surface area (Å²) in [4.78, 5) is 0. The summed E-state index contributed by atoms with van der Waals surface area (Å²) in [6.45, 7) is 5.49. The van der Waals surface area contributed by atoms with Crippen LogP contribution in [-0.2, 0) is 0 Å². The lowest BCUT2D eigenvalue weighted by molar-refractivity contribution is 0.302. The van der Waals surface area contributed by atoms with Gasteiger partial charge < -0.3 is 10.5 Å². The molecule has 19 heavy (non-hydrogen) atoms.